The summed E-state index contributed by atoms with van der Waals surface area (Å²) in [6.07, 6.45) is 6.16. The lowest BCUT2D eigenvalue weighted by molar-refractivity contribution is -0.106. The van der Waals surface area contributed by atoms with Gasteiger partial charge >= 0.3 is 0 Å². The summed E-state index contributed by atoms with van der Waals surface area (Å²) in [5, 5.41) is 0. The van der Waals surface area contributed by atoms with E-state index >= 15 is 0 Å². The number of H-pyrrole nitrogens is 1. The van der Waals surface area contributed by atoms with E-state index in [1.165, 1.54) is 0 Å². The summed E-state index contributed by atoms with van der Waals surface area (Å²) < 4.78 is 0. The molecule has 1 N–H and O–H groups in total. The first kappa shape index (κ1) is 21.9. The van der Waals surface area contributed by atoms with Gasteiger partial charge in [-0.3, -0.25) is 19.6 Å². The number of nitrogens with zero attached hydrogens (tertiary/aromatic N) is 5. The number of carbonyl (C=O) groups excluding carboxylic acids is 1. The highest BCUT2D eigenvalue weighted by Gasteiger charge is 2.26. The van der Waals surface area contributed by atoms with E-state index in [4.69, 9.17) is 0 Å². The number of aromatic amines is 1. The lowest BCUT2D eigenvalue weighted by Gasteiger charge is -2.35. The van der Waals surface area contributed by atoms with Crippen molar-refractivity contribution in [2.75, 3.05) is 36.0 Å². The van der Waals surface area contributed by atoms with Gasteiger partial charge in [0, 0.05) is 68.1 Å². The van der Waals surface area contributed by atoms with Gasteiger partial charge in [0.15, 0.2) is 0 Å². The molecular weight excluding hydrogens is 424 g/mol. The number of nitrogens with one attached hydrogen (secondary N) is 1. The molecule has 4 aromatic rings. The van der Waals surface area contributed by atoms with Crippen molar-refractivity contribution in [1.82, 2.24) is 19.9 Å². The Morgan fingerprint density at radius 1 is 0.941 bits per heavy atom. The van der Waals surface area contributed by atoms with Crippen LogP contribution < -0.4 is 9.80 Å². The number of anilines is 3. The molecule has 1 saturated heterocycles. The second-order valence-electron chi connectivity index (χ2n) is 8.45. The van der Waals surface area contributed by atoms with Crippen LogP contribution in [0.1, 0.15) is 11.3 Å². The topological polar surface area (TPSA) is 68.4 Å². The minimum Gasteiger partial charge on any atom is -0.357 e. The second kappa shape index (κ2) is 9.89. The quantitative estimate of drug-likeness (QED) is 0.421. The van der Waals surface area contributed by atoms with Crippen LogP contribution in [-0.4, -0.2) is 52.4 Å². The van der Waals surface area contributed by atoms with Crippen LogP contribution in [0, 0.1) is 6.92 Å². The van der Waals surface area contributed by atoms with E-state index in [9.17, 15) is 4.79 Å². The first-order chi connectivity index (χ1) is 16.7. The Bertz CT molecular complexity index is 1220. The molecule has 1 fully saturated rings. The molecule has 7 nitrogen and oxygen atoms in total. The number of pyridine rings is 2. The molecule has 1 amide bonds. The Kier molecular flexibility index (Phi) is 6.35. The van der Waals surface area contributed by atoms with Gasteiger partial charge in [-0.2, -0.15) is 0 Å². The third-order valence-electron chi connectivity index (χ3n) is 6.36. The average molecular weight is 453 g/mol. The summed E-state index contributed by atoms with van der Waals surface area (Å²) in [5.41, 5.74) is 5.90. The van der Waals surface area contributed by atoms with Crippen molar-refractivity contribution in [3.05, 3.63) is 90.5 Å². The summed E-state index contributed by atoms with van der Waals surface area (Å²) in [6, 6.07) is 19.9. The summed E-state index contributed by atoms with van der Waals surface area (Å²) in [7, 11) is 0. The Morgan fingerprint density at radius 3 is 2.35 bits per heavy atom. The minimum atomic E-state index is 0.760. The van der Waals surface area contributed by atoms with Crippen molar-refractivity contribution in [3.63, 3.8) is 0 Å². The van der Waals surface area contributed by atoms with Crippen LogP contribution in [0.3, 0.4) is 0 Å². The van der Waals surface area contributed by atoms with Crippen molar-refractivity contribution in [2.24, 2.45) is 0 Å². The van der Waals surface area contributed by atoms with Gasteiger partial charge in [-0.05, 0) is 31.2 Å². The first-order valence-electron chi connectivity index (χ1n) is 11.5. The highest BCUT2D eigenvalue weighted by molar-refractivity contribution is 5.95. The van der Waals surface area contributed by atoms with Crippen molar-refractivity contribution in [2.45, 2.75) is 13.5 Å². The van der Waals surface area contributed by atoms with Crippen molar-refractivity contribution < 1.29 is 4.79 Å². The fourth-order valence-corrected chi connectivity index (χ4v) is 4.57. The van der Waals surface area contributed by atoms with Crippen molar-refractivity contribution >= 4 is 23.6 Å². The van der Waals surface area contributed by atoms with Gasteiger partial charge in [0.2, 0.25) is 6.41 Å². The summed E-state index contributed by atoms with van der Waals surface area (Å²) >= 11 is 0. The highest BCUT2D eigenvalue weighted by atomic mass is 16.1. The van der Waals surface area contributed by atoms with E-state index in [0.29, 0.717) is 0 Å². The zero-order valence-electron chi connectivity index (χ0n) is 19.3. The van der Waals surface area contributed by atoms with Crippen molar-refractivity contribution in [3.8, 4) is 11.3 Å². The molecule has 34 heavy (non-hydrogen) atoms. The van der Waals surface area contributed by atoms with E-state index in [2.05, 4.69) is 49.9 Å². The first-order valence-corrected chi connectivity index (χ1v) is 11.5. The molecule has 5 rings (SSSR count). The Labute approximate surface area is 199 Å². The third-order valence-corrected chi connectivity index (χ3v) is 6.36. The lowest BCUT2D eigenvalue weighted by Crippen LogP contribution is -2.46. The molecule has 0 saturated carbocycles. The molecule has 1 aliphatic rings. The van der Waals surface area contributed by atoms with Crippen molar-refractivity contribution in [1.29, 1.82) is 0 Å². The van der Waals surface area contributed by atoms with Gasteiger partial charge in [0.05, 0.1) is 17.1 Å². The normalized spacial score (nSPS) is 14.2. The Morgan fingerprint density at radius 2 is 1.68 bits per heavy atom. The predicted octanol–water partition coefficient (Wildman–Crippen LogP) is 4.40. The number of benzene rings is 1. The van der Waals surface area contributed by atoms with Crippen LogP contribution in [0.2, 0.25) is 0 Å². The number of piperazine rings is 1. The average Bonchev–Trinajstić information content (AvgIpc) is 3.22. The zero-order chi connectivity index (χ0) is 23.3. The van der Waals surface area contributed by atoms with Crippen LogP contribution in [0.4, 0.5) is 17.2 Å². The third kappa shape index (κ3) is 4.43. The number of aryl methyl sites for hydroxylation is 1. The largest absolute Gasteiger partial charge is 0.357 e. The highest BCUT2D eigenvalue weighted by Crippen LogP contribution is 2.39. The van der Waals surface area contributed by atoms with Gasteiger partial charge in [-0.1, -0.05) is 36.4 Å². The maximum atomic E-state index is 12.4. The van der Waals surface area contributed by atoms with E-state index in [-0.39, 0.29) is 0 Å². The monoisotopic (exact) mass is 452 g/mol. The minimum absolute atomic E-state index is 0.760. The molecule has 7 heteroatoms. The summed E-state index contributed by atoms with van der Waals surface area (Å²) in [6.45, 7) is 6.54. The molecule has 4 heterocycles. The van der Waals surface area contributed by atoms with Gasteiger partial charge in [0.1, 0.15) is 5.82 Å². The second-order valence-corrected chi connectivity index (χ2v) is 8.45. The Balaban J connectivity index is 1.46. The molecule has 0 radical (unpaired) electrons. The van der Waals surface area contributed by atoms with Crippen LogP contribution in [-0.2, 0) is 11.3 Å². The number of rotatable bonds is 7. The lowest BCUT2D eigenvalue weighted by atomic mass is 10.1. The predicted molar refractivity (Wildman–Crippen MR) is 135 cm³/mol. The van der Waals surface area contributed by atoms with Crippen LogP contribution in [0.5, 0.6) is 0 Å². The van der Waals surface area contributed by atoms with Crippen LogP contribution >= 0.6 is 0 Å². The van der Waals surface area contributed by atoms with Gasteiger partial charge in [-0.15, -0.1) is 0 Å². The maximum absolute atomic E-state index is 12.4. The molecule has 0 spiro atoms. The summed E-state index contributed by atoms with van der Waals surface area (Å²) in [4.78, 5) is 31.1. The number of hydrogen-bond acceptors (Lipinski definition) is 5. The molecule has 1 aliphatic heterocycles. The number of amides is 1. The van der Waals surface area contributed by atoms with Crippen LogP contribution in [0.25, 0.3) is 11.3 Å². The molecular formula is C27H28N6O. The number of hydrogen-bond donors (Lipinski definition) is 1. The Hall–Kier alpha value is -3.97. The number of carbonyl (C=O) groups is 1. The van der Waals surface area contributed by atoms with Gasteiger partial charge in [-0.25, -0.2) is 4.98 Å². The van der Waals surface area contributed by atoms with Gasteiger partial charge in [0.25, 0.3) is 0 Å². The maximum Gasteiger partial charge on any atom is 0.218 e. The molecule has 1 aromatic carbocycles. The number of aromatic nitrogens is 3. The van der Waals surface area contributed by atoms with E-state index in [1.54, 1.807) is 17.3 Å². The van der Waals surface area contributed by atoms with E-state index in [0.717, 1.165) is 78.8 Å². The van der Waals surface area contributed by atoms with E-state index in [1.807, 2.05) is 48.7 Å². The SMILES string of the molecule is Cc1[nH]c(-c2ccccc2)c(N(C=O)c2ccncc2)c1CN1CCN(c2ccccn2)CC1. The molecule has 172 valence electrons. The smallest absolute Gasteiger partial charge is 0.218 e. The molecule has 0 atom stereocenters. The van der Waals surface area contributed by atoms with Gasteiger partial charge < -0.3 is 9.88 Å². The van der Waals surface area contributed by atoms with E-state index < -0.39 is 0 Å². The standard InChI is InChI=1S/C27H28N6O/c1-21-24(19-31-15-17-32(18-16-31)25-9-5-6-12-29-25)27(26(30-21)22-7-3-2-4-8-22)33(20-34)23-10-13-28-14-11-23/h2-14,20,30H,15-19H2,1H3. The molecule has 0 bridgehead atoms. The summed E-state index contributed by atoms with van der Waals surface area (Å²) in [5.74, 6) is 1.02. The zero-order valence-corrected chi connectivity index (χ0v) is 19.3. The molecule has 0 aliphatic carbocycles. The van der Waals surface area contributed by atoms with Crippen LogP contribution in [0.15, 0.2) is 79.3 Å². The fraction of sp³-hybridized carbons (Fsp3) is 0.222. The molecule has 0 unspecified atom stereocenters. The fourth-order valence-electron chi connectivity index (χ4n) is 4.57. The molecule has 3 aromatic heterocycles.